The monoisotopic (exact) mass is 304 g/mol. The van der Waals surface area contributed by atoms with E-state index in [9.17, 15) is 0 Å². The first-order chi connectivity index (χ1) is 8.60. The van der Waals surface area contributed by atoms with Gasteiger partial charge in [-0.2, -0.15) is 0 Å². The van der Waals surface area contributed by atoms with Gasteiger partial charge in [0, 0.05) is 15.8 Å². The minimum Gasteiger partial charge on any atom is -0.398 e. The number of hydrogen-bond acceptors (Lipinski definition) is 2. The molecule has 0 heterocycles. The van der Waals surface area contributed by atoms with Crippen LogP contribution in [0, 0.1) is 6.92 Å². The van der Waals surface area contributed by atoms with Gasteiger partial charge >= 0.3 is 0 Å². The first kappa shape index (κ1) is 13.0. The lowest BCUT2D eigenvalue weighted by molar-refractivity contribution is 1.14. The van der Waals surface area contributed by atoms with Crippen molar-refractivity contribution in [2.75, 3.05) is 11.1 Å². The molecule has 94 valence electrons. The van der Waals surface area contributed by atoms with E-state index in [0.29, 0.717) is 0 Å². The molecule has 0 aromatic heterocycles. The van der Waals surface area contributed by atoms with Crippen LogP contribution in [-0.4, -0.2) is 0 Å². The van der Waals surface area contributed by atoms with Crippen molar-refractivity contribution in [3.63, 3.8) is 0 Å². The van der Waals surface area contributed by atoms with Gasteiger partial charge in [-0.1, -0.05) is 19.1 Å². The van der Waals surface area contributed by atoms with Crippen LogP contribution in [0.5, 0.6) is 0 Å². The molecule has 0 unspecified atom stereocenters. The highest BCUT2D eigenvalue weighted by atomic mass is 79.9. The predicted molar refractivity (Wildman–Crippen MR) is 82.4 cm³/mol. The average Bonchev–Trinajstić information content (AvgIpc) is 2.36. The second-order valence-electron chi connectivity index (χ2n) is 4.37. The molecule has 3 heteroatoms. The summed E-state index contributed by atoms with van der Waals surface area (Å²) in [6.45, 7) is 4.16. The first-order valence-electron chi connectivity index (χ1n) is 6.01. The van der Waals surface area contributed by atoms with E-state index in [2.05, 4.69) is 58.5 Å². The van der Waals surface area contributed by atoms with Crippen LogP contribution in [0.4, 0.5) is 17.1 Å². The van der Waals surface area contributed by atoms with Gasteiger partial charge in [0.15, 0.2) is 0 Å². The standard InChI is InChI=1S/C15H17BrN2/c1-3-11-5-4-6-12(8-11)18-15-7-10(2)14(17)9-13(15)16/h4-9,18H,3,17H2,1-2H3. The summed E-state index contributed by atoms with van der Waals surface area (Å²) in [5, 5.41) is 3.41. The summed E-state index contributed by atoms with van der Waals surface area (Å²) < 4.78 is 0.979. The highest BCUT2D eigenvalue weighted by Gasteiger charge is 2.04. The Kier molecular flexibility index (Phi) is 3.92. The quantitative estimate of drug-likeness (QED) is 0.810. The van der Waals surface area contributed by atoms with Gasteiger partial charge in [0.05, 0.1) is 5.69 Å². The summed E-state index contributed by atoms with van der Waals surface area (Å²) in [4.78, 5) is 0. The fourth-order valence-corrected chi connectivity index (χ4v) is 2.28. The molecule has 0 aliphatic heterocycles. The smallest absolute Gasteiger partial charge is 0.0532 e. The van der Waals surface area contributed by atoms with E-state index in [1.807, 2.05) is 13.0 Å². The molecular weight excluding hydrogens is 288 g/mol. The number of rotatable bonds is 3. The number of anilines is 3. The van der Waals surface area contributed by atoms with Crippen molar-refractivity contribution in [1.29, 1.82) is 0 Å². The van der Waals surface area contributed by atoms with Crippen molar-refractivity contribution in [1.82, 2.24) is 0 Å². The number of halogens is 1. The Hall–Kier alpha value is -1.48. The molecule has 0 aliphatic carbocycles. The molecule has 2 aromatic rings. The summed E-state index contributed by atoms with van der Waals surface area (Å²) in [6.07, 6.45) is 1.04. The van der Waals surface area contributed by atoms with Gasteiger partial charge in [-0.25, -0.2) is 0 Å². The second kappa shape index (κ2) is 5.44. The van der Waals surface area contributed by atoms with E-state index in [1.54, 1.807) is 0 Å². The summed E-state index contributed by atoms with van der Waals surface area (Å²) >= 11 is 3.53. The van der Waals surface area contributed by atoms with Crippen LogP contribution in [0.3, 0.4) is 0 Å². The molecule has 0 bridgehead atoms. The van der Waals surface area contributed by atoms with E-state index < -0.39 is 0 Å². The van der Waals surface area contributed by atoms with Crippen molar-refractivity contribution in [2.24, 2.45) is 0 Å². The SMILES string of the molecule is CCc1cccc(Nc2cc(C)c(N)cc2Br)c1. The van der Waals surface area contributed by atoms with Gasteiger partial charge in [-0.05, 0) is 64.7 Å². The molecule has 2 aromatic carbocycles. The zero-order valence-corrected chi connectivity index (χ0v) is 12.2. The summed E-state index contributed by atoms with van der Waals surface area (Å²) in [6, 6.07) is 12.4. The maximum absolute atomic E-state index is 5.87. The summed E-state index contributed by atoms with van der Waals surface area (Å²) in [7, 11) is 0. The van der Waals surface area contributed by atoms with Gasteiger partial charge in [-0.15, -0.1) is 0 Å². The fraction of sp³-hybridized carbons (Fsp3) is 0.200. The Morgan fingerprint density at radius 2 is 2.00 bits per heavy atom. The number of nitrogen functional groups attached to an aromatic ring is 1. The lowest BCUT2D eigenvalue weighted by Gasteiger charge is -2.12. The highest BCUT2D eigenvalue weighted by Crippen LogP contribution is 2.30. The maximum Gasteiger partial charge on any atom is 0.0532 e. The topological polar surface area (TPSA) is 38.0 Å². The normalized spacial score (nSPS) is 10.4. The van der Waals surface area contributed by atoms with E-state index >= 15 is 0 Å². The molecule has 3 N–H and O–H groups in total. The molecule has 0 aliphatic rings. The van der Waals surface area contributed by atoms with Gasteiger partial charge in [0.2, 0.25) is 0 Å². The molecule has 0 saturated heterocycles. The Labute approximate surface area is 116 Å². The Morgan fingerprint density at radius 1 is 1.22 bits per heavy atom. The average molecular weight is 305 g/mol. The highest BCUT2D eigenvalue weighted by molar-refractivity contribution is 9.10. The van der Waals surface area contributed by atoms with Crippen molar-refractivity contribution in [2.45, 2.75) is 20.3 Å². The predicted octanol–water partition coefficient (Wildman–Crippen LogP) is 4.65. The molecule has 0 radical (unpaired) electrons. The van der Waals surface area contributed by atoms with Crippen LogP contribution < -0.4 is 11.1 Å². The van der Waals surface area contributed by atoms with E-state index in [0.717, 1.165) is 33.5 Å². The van der Waals surface area contributed by atoms with Crippen molar-refractivity contribution in [3.8, 4) is 0 Å². The molecule has 0 spiro atoms. The van der Waals surface area contributed by atoms with Crippen LogP contribution in [0.2, 0.25) is 0 Å². The number of nitrogens with one attached hydrogen (secondary N) is 1. The molecule has 2 rings (SSSR count). The van der Waals surface area contributed by atoms with Gasteiger partial charge in [0.25, 0.3) is 0 Å². The van der Waals surface area contributed by atoms with Crippen LogP contribution in [0.15, 0.2) is 40.9 Å². The zero-order chi connectivity index (χ0) is 13.1. The zero-order valence-electron chi connectivity index (χ0n) is 10.6. The van der Waals surface area contributed by atoms with Crippen LogP contribution in [0.1, 0.15) is 18.1 Å². The third kappa shape index (κ3) is 2.85. The number of hydrogen-bond donors (Lipinski definition) is 2. The van der Waals surface area contributed by atoms with Gasteiger partial charge < -0.3 is 11.1 Å². The van der Waals surface area contributed by atoms with Crippen molar-refractivity contribution >= 4 is 33.0 Å². The van der Waals surface area contributed by atoms with Crippen molar-refractivity contribution < 1.29 is 0 Å². The number of nitrogens with two attached hydrogens (primary N) is 1. The van der Waals surface area contributed by atoms with Crippen LogP contribution in [0.25, 0.3) is 0 Å². The molecule has 0 saturated carbocycles. The largest absolute Gasteiger partial charge is 0.398 e. The number of benzene rings is 2. The first-order valence-corrected chi connectivity index (χ1v) is 6.81. The molecule has 2 nitrogen and oxygen atoms in total. The summed E-state index contributed by atoms with van der Waals surface area (Å²) in [5.41, 5.74) is 11.2. The molecule has 0 amide bonds. The van der Waals surface area contributed by atoms with Gasteiger partial charge in [-0.3, -0.25) is 0 Å². The summed E-state index contributed by atoms with van der Waals surface area (Å²) in [5.74, 6) is 0. The number of aryl methyl sites for hydroxylation is 2. The lowest BCUT2D eigenvalue weighted by atomic mass is 10.1. The second-order valence-corrected chi connectivity index (χ2v) is 5.22. The maximum atomic E-state index is 5.87. The lowest BCUT2D eigenvalue weighted by Crippen LogP contribution is -1.96. The fourth-order valence-electron chi connectivity index (χ4n) is 1.82. The van der Waals surface area contributed by atoms with Crippen LogP contribution >= 0.6 is 15.9 Å². The van der Waals surface area contributed by atoms with E-state index in [4.69, 9.17) is 5.73 Å². The van der Waals surface area contributed by atoms with Crippen LogP contribution in [-0.2, 0) is 6.42 Å². The Morgan fingerprint density at radius 3 is 2.72 bits per heavy atom. The van der Waals surface area contributed by atoms with E-state index in [-0.39, 0.29) is 0 Å². The van der Waals surface area contributed by atoms with Gasteiger partial charge in [0.1, 0.15) is 0 Å². The minimum absolute atomic E-state index is 0.801. The molecule has 0 fully saturated rings. The Balaban J connectivity index is 2.30. The molecular formula is C15H17BrN2. The third-order valence-electron chi connectivity index (χ3n) is 2.97. The third-order valence-corrected chi connectivity index (χ3v) is 3.63. The molecule has 0 atom stereocenters. The minimum atomic E-state index is 0.801. The van der Waals surface area contributed by atoms with Crippen molar-refractivity contribution in [3.05, 3.63) is 52.0 Å². The molecule has 18 heavy (non-hydrogen) atoms. The van der Waals surface area contributed by atoms with E-state index in [1.165, 1.54) is 5.56 Å². The Bertz CT molecular complexity index is 564.